The Morgan fingerprint density at radius 2 is 1.83 bits per heavy atom. The Hall–Kier alpha value is -0.130. The first kappa shape index (κ1) is 14.3. The molecule has 0 aromatic rings. The van der Waals surface area contributed by atoms with E-state index in [9.17, 15) is 8.42 Å². The standard InChI is InChI=1S/C13H26N2O2S/c1-13(2,3)18(16,17)15-9-5-4-6-12(15)10-14-11-7-8-11/h11-12,14H,4-10H2,1-3H3. The molecule has 1 unspecified atom stereocenters. The van der Waals surface area contributed by atoms with Gasteiger partial charge in [0.15, 0.2) is 0 Å². The second kappa shape index (κ2) is 5.10. The molecular weight excluding hydrogens is 248 g/mol. The molecule has 2 fully saturated rings. The van der Waals surface area contributed by atoms with Gasteiger partial charge in [-0.3, -0.25) is 0 Å². The van der Waals surface area contributed by atoms with Crippen molar-refractivity contribution in [3.05, 3.63) is 0 Å². The maximum Gasteiger partial charge on any atom is 0.219 e. The van der Waals surface area contributed by atoms with Gasteiger partial charge in [-0.05, 0) is 46.5 Å². The van der Waals surface area contributed by atoms with Gasteiger partial charge in [0.05, 0.1) is 4.75 Å². The predicted molar refractivity (Wildman–Crippen MR) is 74.0 cm³/mol. The third-order valence-electron chi connectivity index (χ3n) is 3.88. The van der Waals surface area contributed by atoms with Gasteiger partial charge in [-0.25, -0.2) is 8.42 Å². The number of nitrogens with one attached hydrogen (secondary N) is 1. The van der Waals surface area contributed by atoms with Crippen LogP contribution in [-0.2, 0) is 10.0 Å². The van der Waals surface area contributed by atoms with Crippen LogP contribution in [0.1, 0.15) is 52.9 Å². The fraction of sp³-hybridized carbons (Fsp3) is 1.00. The molecule has 1 atom stereocenters. The van der Waals surface area contributed by atoms with E-state index >= 15 is 0 Å². The predicted octanol–water partition coefficient (Wildman–Crippen LogP) is 1.72. The Balaban J connectivity index is 2.06. The highest BCUT2D eigenvalue weighted by molar-refractivity contribution is 7.90. The highest BCUT2D eigenvalue weighted by Crippen LogP contribution is 2.28. The van der Waals surface area contributed by atoms with E-state index < -0.39 is 14.8 Å². The summed E-state index contributed by atoms with van der Waals surface area (Å²) in [7, 11) is -3.18. The first-order valence-electron chi connectivity index (χ1n) is 7.07. The molecule has 0 amide bonds. The van der Waals surface area contributed by atoms with Crippen LogP contribution in [0.4, 0.5) is 0 Å². The molecule has 1 aliphatic carbocycles. The van der Waals surface area contributed by atoms with Crippen LogP contribution in [0.3, 0.4) is 0 Å². The molecule has 5 heteroatoms. The first-order valence-corrected chi connectivity index (χ1v) is 8.51. The van der Waals surface area contributed by atoms with E-state index in [0.717, 1.165) is 25.8 Å². The van der Waals surface area contributed by atoms with E-state index in [1.54, 1.807) is 25.1 Å². The second-order valence-corrected chi connectivity index (χ2v) is 9.20. The number of hydrogen-bond acceptors (Lipinski definition) is 3. The van der Waals surface area contributed by atoms with Gasteiger partial charge < -0.3 is 5.32 Å². The largest absolute Gasteiger partial charge is 0.312 e. The molecule has 0 spiro atoms. The molecule has 18 heavy (non-hydrogen) atoms. The summed E-state index contributed by atoms with van der Waals surface area (Å²) in [5, 5.41) is 3.47. The van der Waals surface area contributed by atoms with Gasteiger partial charge in [-0.1, -0.05) is 6.42 Å². The van der Waals surface area contributed by atoms with Crippen LogP contribution >= 0.6 is 0 Å². The molecule has 1 saturated carbocycles. The lowest BCUT2D eigenvalue weighted by Crippen LogP contribution is -2.53. The van der Waals surface area contributed by atoms with Crippen molar-refractivity contribution in [1.82, 2.24) is 9.62 Å². The molecule has 1 saturated heterocycles. The topological polar surface area (TPSA) is 49.4 Å². The number of sulfonamides is 1. The van der Waals surface area contributed by atoms with Crippen molar-refractivity contribution in [1.29, 1.82) is 0 Å². The minimum atomic E-state index is -3.18. The van der Waals surface area contributed by atoms with Crippen LogP contribution in [0.2, 0.25) is 0 Å². The zero-order chi connectivity index (χ0) is 13.4. The summed E-state index contributed by atoms with van der Waals surface area (Å²) in [5.41, 5.74) is 0. The highest BCUT2D eigenvalue weighted by Gasteiger charge is 2.40. The monoisotopic (exact) mass is 274 g/mol. The van der Waals surface area contributed by atoms with E-state index in [1.165, 1.54) is 12.8 Å². The number of rotatable bonds is 4. The second-order valence-electron chi connectivity index (χ2n) is 6.56. The minimum Gasteiger partial charge on any atom is -0.312 e. The van der Waals surface area contributed by atoms with Crippen LogP contribution in [0.25, 0.3) is 0 Å². The Morgan fingerprint density at radius 1 is 1.17 bits per heavy atom. The molecule has 2 aliphatic rings. The van der Waals surface area contributed by atoms with Crippen molar-refractivity contribution in [2.45, 2.75) is 69.7 Å². The van der Waals surface area contributed by atoms with Gasteiger partial charge in [-0.2, -0.15) is 4.31 Å². The smallest absolute Gasteiger partial charge is 0.219 e. The van der Waals surface area contributed by atoms with Gasteiger partial charge in [0.2, 0.25) is 10.0 Å². The van der Waals surface area contributed by atoms with Crippen LogP contribution in [0.15, 0.2) is 0 Å². The molecule has 1 N–H and O–H groups in total. The Bertz CT molecular complexity index is 382. The van der Waals surface area contributed by atoms with E-state index in [4.69, 9.17) is 0 Å². The molecule has 1 heterocycles. The molecular formula is C13H26N2O2S. The number of hydrogen-bond donors (Lipinski definition) is 1. The first-order chi connectivity index (χ1) is 8.32. The van der Waals surface area contributed by atoms with E-state index in [1.807, 2.05) is 0 Å². The van der Waals surface area contributed by atoms with E-state index in [-0.39, 0.29) is 6.04 Å². The summed E-state index contributed by atoms with van der Waals surface area (Å²) in [6, 6.07) is 0.801. The average Bonchev–Trinajstić information content (AvgIpc) is 3.09. The van der Waals surface area contributed by atoms with Crippen molar-refractivity contribution in [3.8, 4) is 0 Å². The number of piperidine rings is 1. The zero-order valence-electron chi connectivity index (χ0n) is 11.8. The maximum absolute atomic E-state index is 12.6. The van der Waals surface area contributed by atoms with Gasteiger partial charge >= 0.3 is 0 Å². The van der Waals surface area contributed by atoms with Crippen molar-refractivity contribution < 1.29 is 8.42 Å². The fourth-order valence-corrected chi connectivity index (χ4v) is 4.08. The van der Waals surface area contributed by atoms with Crippen molar-refractivity contribution in [3.63, 3.8) is 0 Å². The molecule has 106 valence electrons. The summed E-state index contributed by atoms with van der Waals surface area (Å²) >= 11 is 0. The van der Waals surface area contributed by atoms with Gasteiger partial charge in [0, 0.05) is 25.2 Å². The molecule has 2 rings (SSSR count). The maximum atomic E-state index is 12.6. The molecule has 0 bridgehead atoms. The van der Waals surface area contributed by atoms with Crippen molar-refractivity contribution in [2.75, 3.05) is 13.1 Å². The minimum absolute atomic E-state index is 0.156. The van der Waals surface area contributed by atoms with Crippen LogP contribution in [0, 0.1) is 0 Å². The molecule has 4 nitrogen and oxygen atoms in total. The third kappa shape index (κ3) is 3.06. The molecule has 0 aromatic heterocycles. The quantitative estimate of drug-likeness (QED) is 0.849. The summed E-state index contributed by atoms with van der Waals surface area (Å²) in [6.45, 7) is 6.89. The summed E-state index contributed by atoms with van der Waals surface area (Å²) in [4.78, 5) is 0. The van der Waals surface area contributed by atoms with Gasteiger partial charge in [0.1, 0.15) is 0 Å². The highest BCUT2D eigenvalue weighted by atomic mass is 32.2. The summed E-state index contributed by atoms with van der Waals surface area (Å²) in [6.07, 6.45) is 5.63. The lowest BCUT2D eigenvalue weighted by Gasteiger charge is -2.38. The lowest BCUT2D eigenvalue weighted by molar-refractivity contribution is 0.240. The molecule has 0 aromatic carbocycles. The average molecular weight is 274 g/mol. The third-order valence-corrected chi connectivity index (χ3v) is 6.52. The van der Waals surface area contributed by atoms with Crippen molar-refractivity contribution >= 4 is 10.0 Å². The number of nitrogens with zero attached hydrogens (tertiary/aromatic N) is 1. The van der Waals surface area contributed by atoms with Crippen molar-refractivity contribution in [2.24, 2.45) is 0 Å². The van der Waals surface area contributed by atoms with Crippen LogP contribution in [0.5, 0.6) is 0 Å². The normalized spacial score (nSPS) is 27.4. The summed E-state index contributed by atoms with van der Waals surface area (Å²) in [5.74, 6) is 0. The SMILES string of the molecule is CC(C)(C)S(=O)(=O)N1CCCCC1CNC1CC1. The summed E-state index contributed by atoms with van der Waals surface area (Å²) < 4.78 is 26.2. The van der Waals surface area contributed by atoms with E-state index in [2.05, 4.69) is 5.32 Å². The lowest BCUT2D eigenvalue weighted by atomic mass is 10.1. The Morgan fingerprint density at radius 3 is 2.39 bits per heavy atom. The molecule has 0 radical (unpaired) electrons. The Kier molecular flexibility index (Phi) is 4.04. The molecule has 1 aliphatic heterocycles. The van der Waals surface area contributed by atoms with Crippen LogP contribution in [-0.4, -0.2) is 42.6 Å². The van der Waals surface area contributed by atoms with Gasteiger partial charge in [0.25, 0.3) is 0 Å². The zero-order valence-corrected chi connectivity index (χ0v) is 12.6. The van der Waals surface area contributed by atoms with Crippen LogP contribution < -0.4 is 5.32 Å². The fourth-order valence-electron chi connectivity index (χ4n) is 2.44. The Labute approximate surface area is 111 Å². The van der Waals surface area contributed by atoms with E-state index in [0.29, 0.717) is 12.6 Å². The van der Waals surface area contributed by atoms with Gasteiger partial charge in [-0.15, -0.1) is 0 Å².